The summed E-state index contributed by atoms with van der Waals surface area (Å²) in [7, 11) is 0. The fourth-order valence-electron chi connectivity index (χ4n) is 4.05. The highest BCUT2D eigenvalue weighted by Gasteiger charge is 2.23. The molecule has 0 saturated heterocycles. The van der Waals surface area contributed by atoms with Crippen LogP contribution in [0.15, 0.2) is 48.7 Å². The zero-order chi connectivity index (χ0) is 23.7. The fourth-order valence-corrected chi connectivity index (χ4v) is 5.05. The Morgan fingerprint density at radius 2 is 2.00 bits per heavy atom. The first kappa shape index (κ1) is 22.0. The molecule has 4 aromatic rings. The van der Waals surface area contributed by atoms with Crippen molar-refractivity contribution in [3.8, 4) is 11.5 Å². The number of aryl methyl sites for hydroxylation is 1. The van der Waals surface area contributed by atoms with Crippen molar-refractivity contribution in [3.05, 3.63) is 70.4 Å². The number of aromatic amines is 1. The summed E-state index contributed by atoms with van der Waals surface area (Å²) in [5.74, 6) is 0.920. The van der Waals surface area contributed by atoms with Crippen LogP contribution in [0.25, 0.3) is 10.9 Å². The summed E-state index contributed by atoms with van der Waals surface area (Å²) in [6.07, 6.45) is 2.91. The van der Waals surface area contributed by atoms with Gasteiger partial charge in [-0.1, -0.05) is 24.3 Å². The van der Waals surface area contributed by atoms with Gasteiger partial charge in [0, 0.05) is 41.7 Å². The van der Waals surface area contributed by atoms with E-state index in [1.54, 1.807) is 0 Å². The number of benzene rings is 2. The van der Waals surface area contributed by atoms with Crippen LogP contribution in [0, 0.1) is 6.92 Å². The summed E-state index contributed by atoms with van der Waals surface area (Å²) in [4.78, 5) is 33.7. The number of para-hydroxylation sites is 1. The second-order valence-corrected chi connectivity index (χ2v) is 9.28. The van der Waals surface area contributed by atoms with Crippen LogP contribution in [0.4, 0.5) is 5.13 Å². The van der Waals surface area contributed by atoms with E-state index in [0.717, 1.165) is 44.1 Å². The van der Waals surface area contributed by atoms with Crippen LogP contribution in [-0.4, -0.2) is 34.6 Å². The molecule has 8 nitrogen and oxygen atoms in total. The quantitative estimate of drug-likeness (QED) is 0.375. The number of carbonyl (C=O) groups is 2. The maximum absolute atomic E-state index is 13.1. The number of rotatable bonds is 7. The molecule has 2 aromatic heterocycles. The van der Waals surface area contributed by atoms with Crippen molar-refractivity contribution in [2.45, 2.75) is 32.7 Å². The molecule has 2 aromatic carbocycles. The number of ether oxygens (including phenoxy) is 2. The molecule has 0 fully saturated rings. The molecule has 1 aliphatic heterocycles. The van der Waals surface area contributed by atoms with Crippen molar-refractivity contribution >= 4 is 39.2 Å². The highest BCUT2D eigenvalue weighted by Crippen LogP contribution is 2.34. The van der Waals surface area contributed by atoms with Crippen LogP contribution in [0.3, 0.4) is 0 Å². The van der Waals surface area contributed by atoms with E-state index in [0.29, 0.717) is 18.0 Å². The van der Waals surface area contributed by atoms with Crippen LogP contribution in [0.1, 0.15) is 28.6 Å². The van der Waals surface area contributed by atoms with Gasteiger partial charge >= 0.3 is 0 Å². The zero-order valence-electron chi connectivity index (χ0n) is 18.8. The van der Waals surface area contributed by atoms with E-state index in [9.17, 15) is 9.59 Å². The van der Waals surface area contributed by atoms with Gasteiger partial charge in [-0.15, -0.1) is 11.3 Å². The van der Waals surface area contributed by atoms with E-state index in [-0.39, 0.29) is 18.6 Å². The summed E-state index contributed by atoms with van der Waals surface area (Å²) in [6.45, 7) is 3.57. The molecule has 2 amide bonds. The van der Waals surface area contributed by atoms with Gasteiger partial charge < -0.3 is 25.1 Å². The minimum absolute atomic E-state index is 0.239. The number of nitrogens with one attached hydrogen (secondary N) is 3. The first-order valence-electron chi connectivity index (χ1n) is 10.9. The van der Waals surface area contributed by atoms with E-state index in [1.807, 2.05) is 55.6 Å². The lowest BCUT2D eigenvalue weighted by atomic mass is 10.0. The van der Waals surface area contributed by atoms with Gasteiger partial charge in [0.2, 0.25) is 18.6 Å². The first-order valence-corrected chi connectivity index (χ1v) is 11.8. The van der Waals surface area contributed by atoms with E-state index < -0.39 is 6.04 Å². The third-order valence-corrected chi connectivity index (χ3v) is 6.79. The van der Waals surface area contributed by atoms with E-state index in [4.69, 9.17) is 9.47 Å². The molecular weight excluding hydrogens is 452 g/mol. The summed E-state index contributed by atoms with van der Waals surface area (Å²) in [6, 6.07) is 13.0. The molecule has 0 bridgehead atoms. The van der Waals surface area contributed by atoms with Crippen molar-refractivity contribution < 1.29 is 19.1 Å². The molecule has 0 aliphatic carbocycles. The van der Waals surface area contributed by atoms with Crippen LogP contribution in [0.2, 0.25) is 0 Å². The lowest BCUT2D eigenvalue weighted by molar-refractivity contribution is -0.125. The molecule has 3 N–H and O–H groups in total. The first-order chi connectivity index (χ1) is 16.5. The van der Waals surface area contributed by atoms with Crippen molar-refractivity contribution in [2.24, 2.45) is 0 Å². The number of nitrogens with zero attached hydrogens (tertiary/aromatic N) is 1. The molecule has 0 radical (unpaired) electrons. The monoisotopic (exact) mass is 476 g/mol. The number of carbonyl (C=O) groups excluding carboxylic acids is 2. The van der Waals surface area contributed by atoms with Crippen LogP contribution < -0.4 is 20.1 Å². The molecule has 174 valence electrons. The standard InChI is InChI=1S/C25H24N4O4S/c1-14-23(10-16-7-8-21-22(9-16)33-13-32-21)34-25(27-14)29-24(31)20(28-15(2)30)11-17-12-26-19-6-4-3-5-18(17)19/h3-9,12,20,26H,10-11,13H2,1-2H3,(H,28,30)(H,27,29,31)/t20-/m1/s1. The predicted octanol–water partition coefficient (Wildman–Crippen LogP) is 3.94. The summed E-state index contributed by atoms with van der Waals surface area (Å²) in [5.41, 5.74) is 3.88. The van der Waals surface area contributed by atoms with Crippen molar-refractivity contribution in [1.82, 2.24) is 15.3 Å². The van der Waals surface area contributed by atoms with Gasteiger partial charge in [0.25, 0.3) is 0 Å². The van der Waals surface area contributed by atoms with E-state index in [2.05, 4.69) is 20.6 Å². The lowest BCUT2D eigenvalue weighted by Crippen LogP contribution is -2.44. The van der Waals surface area contributed by atoms with Gasteiger partial charge in [-0.05, 0) is 36.2 Å². The van der Waals surface area contributed by atoms with Crippen molar-refractivity contribution in [2.75, 3.05) is 12.1 Å². The Morgan fingerprint density at radius 1 is 1.18 bits per heavy atom. The highest BCUT2D eigenvalue weighted by molar-refractivity contribution is 7.15. The van der Waals surface area contributed by atoms with Crippen molar-refractivity contribution in [3.63, 3.8) is 0 Å². The number of fused-ring (bicyclic) bond motifs is 2. The molecule has 3 heterocycles. The molecule has 5 rings (SSSR count). The summed E-state index contributed by atoms with van der Waals surface area (Å²) in [5, 5.41) is 7.21. The number of aromatic nitrogens is 2. The van der Waals surface area contributed by atoms with Crippen LogP contribution in [0.5, 0.6) is 11.5 Å². The molecule has 1 atom stereocenters. The average Bonchev–Trinajstić information content (AvgIpc) is 3.52. The molecule has 0 spiro atoms. The number of hydrogen-bond acceptors (Lipinski definition) is 6. The zero-order valence-corrected chi connectivity index (χ0v) is 19.6. The third-order valence-electron chi connectivity index (χ3n) is 5.72. The van der Waals surface area contributed by atoms with Gasteiger partial charge in [-0.2, -0.15) is 0 Å². The summed E-state index contributed by atoms with van der Waals surface area (Å²) >= 11 is 1.43. The maximum Gasteiger partial charge on any atom is 0.249 e. The van der Waals surface area contributed by atoms with E-state index >= 15 is 0 Å². The number of amides is 2. The molecule has 0 saturated carbocycles. The Balaban J connectivity index is 1.31. The number of thiazole rings is 1. The predicted molar refractivity (Wildman–Crippen MR) is 130 cm³/mol. The van der Waals surface area contributed by atoms with Gasteiger partial charge in [0.05, 0.1) is 5.69 Å². The molecule has 34 heavy (non-hydrogen) atoms. The number of H-pyrrole nitrogens is 1. The van der Waals surface area contributed by atoms with Crippen molar-refractivity contribution in [1.29, 1.82) is 0 Å². The second kappa shape index (κ2) is 9.18. The third kappa shape index (κ3) is 4.60. The maximum atomic E-state index is 13.1. The molecular formula is C25H24N4O4S. The topological polar surface area (TPSA) is 105 Å². The minimum atomic E-state index is -0.724. The van der Waals surface area contributed by atoms with E-state index in [1.165, 1.54) is 18.3 Å². The molecule has 1 aliphatic rings. The van der Waals surface area contributed by atoms with Gasteiger partial charge in [0.1, 0.15) is 6.04 Å². The Kier molecular flexibility index (Phi) is 5.93. The van der Waals surface area contributed by atoms with Gasteiger partial charge in [-0.25, -0.2) is 4.98 Å². The van der Waals surface area contributed by atoms with Gasteiger partial charge in [-0.3, -0.25) is 9.59 Å². The normalized spacial score (nSPS) is 13.1. The Bertz CT molecular complexity index is 1380. The fraction of sp³-hybridized carbons (Fsp3) is 0.240. The lowest BCUT2D eigenvalue weighted by Gasteiger charge is -2.16. The number of anilines is 1. The number of hydrogen-bond donors (Lipinski definition) is 3. The largest absolute Gasteiger partial charge is 0.454 e. The highest BCUT2D eigenvalue weighted by atomic mass is 32.1. The Labute approximate surface area is 200 Å². The van der Waals surface area contributed by atoms with Crippen LogP contribution >= 0.6 is 11.3 Å². The average molecular weight is 477 g/mol. The Hall–Kier alpha value is -3.85. The second-order valence-electron chi connectivity index (χ2n) is 8.20. The van der Waals surface area contributed by atoms with Crippen LogP contribution in [-0.2, 0) is 22.4 Å². The molecule has 0 unspecified atom stereocenters. The SMILES string of the molecule is CC(=O)N[C@H](Cc1c[nH]c2ccccc12)C(=O)Nc1nc(C)c(Cc2ccc3c(c2)OCO3)s1. The smallest absolute Gasteiger partial charge is 0.249 e. The minimum Gasteiger partial charge on any atom is -0.454 e. The Morgan fingerprint density at radius 3 is 2.85 bits per heavy atom. The summed E-state index contributed by atoms with van der Waals surface area (Å²) < 4.78 is 10.8. The van der Waals surface area contributed by atoms with Gasteiger partial charge in [0.15, 0.2) is 16.6 Å². The molecule has 9 heteroatoms.